The van der Waals surface area contributed by atoms with Gasteiger partial charge in [-0.15, -0.1) is 11.8 Å². The summed E-state index contributed by atoms with van der Waals surface area (Å²) >= 11 is 3.82. The lowest BCUT2D eigenvalue weighted by Gasteiger charge is -2.16. The molecule has 1 saturated heterocycles. The molecule has 0 aliphatic carbocycles. The van der Waals surface area contributed by atoms with Crippen LogP contribution < -0.4 is 10.5 Å². The zero-order valence-electron chi connectivity index (χ0n) is 10.8. The number of rotatable bonds is 4. The van der Waals surface area contributed by atoms with Gasteiger partial charge < -0.3 is 15.0 Å². The molecule has 1 aromatic carbocycles. The number of nitrogens with zero attached hydrogens (tertiary/aromatic N) is 2. The Morgan fingerprint density at radius 3 is 2.90 bits per heavy atom. The van der Waals surface area contributed by atoms with E-state index in [2.05, 4.69) is 10.1 Å². The average Bonchev–Trinajstić information content (AvgIpc) is 2.97. The van der Waals surface area contributed by atoms with Crippen molar-refractivity contribution in [3.63, 3.8) is 0 Å². The molecule has 5 nitrogen and oxygen atoms in total. The van der Waals surface area contributed by atoms with Crippen molar-refractivity contribution in [3.8, 4) is 5.75 Å². The van der Waals surface area contributed by atoms with Gasteiger partial charge in [-0.2, -0.15) is 16.7 Å². The van der Waals surface area contributed by atoms with Gasteiger partial charge in [0.2, 0.25) is 0 Å². The fraction of sp³-hybridized carbons (Fsp3) is 0.385. The van der Waals surface area contributed by atoms with E-state index in [4.69, 9.17) is 15.0 Å². The Morgan fingerprint density at radius 1 is 1.30 bits per heavy atom. The van der Waals surface area contributed by atoms with E-state index in [1.165, 1.54) is 5.75 Å². The minimum atomic E-state index is 0.279. The van der Waals surface area contributed by atoms with Crippen LogP contribution in [0.4, 0.5) is 5.69 Å². The maximum absolute atomic E-state index is 5.62. The second kappa shape index (κ2) is 6.41. The lowest BCUT2D eigenvalue weighted by Crippen LogP contribution is -2.08. The molecule has 3 rings (SSSR count). The number of nitrogens with two attached hydrogens (primary N) is 1. The first kappa shape index (κ1) is 13.6. The largest absolute Gasteiger partial charge is 0.484 e. The molecule has 2 heterocycles. The van der Waals surface area contributed by atoms with Crippen LogP contribution in [-0.2, 0) is 6.61 Å². The molecule has 1 fully saturated rings. The molecule has 1 atom stereocenters. The minimum Gasteiger partial charge on any atom is -0.484 e. The molecule has 0 bridgehead atoms. The smallest absolute Gasteiger partial charge is 0.264 e. The van der Waals surface area contributed by atoms with Crippen molar-refractivity contribution in [2.24, 2.45) is 0 Å². The normalized spacial score (nSPS) is 18.9. The van der Waals surface area contributed by atoms with E-state index in [1.807, 2.05) is 35.7 Å². The van der Waals surface area contributed by atoms with E-state index < -0.39 is 0 Å². The summed E-state index contributed by atoms with van der Waals surface area (Å²) in [4.78, 5) is 4.40. The predicted molar refractivity (Wildman–Crippen MR) is 82.0 cm³/mol. The Hall–Kier alpha value is -1.34. The maximum Gasteiger partial charge on any atom is 0.264 e. The van der Waals surface area contributed by atoms with Crippen molar-refractivity contribution in [1.82, 2.24) is 10.1 Å². The molecule has 106 valence electrons. The van der Waals surface area contributed by atoms with E-state index >= 15 is 0 Å². The van der Waals surface area contributed by atoms with Gasteiger partial charge in [-0.3, -0.25) is 0 Å². The molecule has 0 spiro atoms. The number of anilines is 1. The number of benzene rings is 1. The first-order valence-electron chi connectivity index (χ1n) is 6.31. The summed E-state index contributed by atoms with van der Waals surface area (Å²) < 4.78 is 10.8. The molecule has 2 N–H and O–H groups in total. The summed E-state index contributed by atoms with van der Waals surface area (Å²) in [5.41, 5.74) is 6.33. The molecular formula is C13H15N3O2S2. The molecule has 0 radical (unpaired) electrons. The molecule has 2 aromatic rings. The van der Waals surface area contributed by atoms with Gasteiger partial charge >= 0.3 is 0 Å². The number of nitrogen functional groups attached to an aromatic ring is 1. The van der Waals surface area contributed by atoms with E-state index in [0.717, 1.165) is 23.1 Å². The van der Waals surface area contributed by atoms with Crippen molar-refractivity contribution in [1.29, 1.82) is 0 Å². The number of aromatic nitrogens is 2. The summed E-state index contributed by atoms with van der Waals surface area (Å²) in [5, 5.41) is 4.38. The lowest BCUT2D eigenvalue weighted by molar-refractivity contribution is 0.242. The van der Waals surface area contributed by atoms with Gasteiger partial charge in [0.25, 0.3) is 5.89 Å². The van der Waals surface area contributed by atoms with Gasteiger partial charge in [-0.1, -0.05) is 5.16 Å². The van der Waals surface area contributed by atoms with Crippen LogP contribution in [0.5, 0.6) is 5.75 Å². The lowest BCUT2D eigenvalue weighted by atomic mass is 10.3. The average molecular weight is 309 g/mol. The van der Waals surface area contributed by atoms with Crippen LogP contribution in [0, 0.1) is 0 Å². The van der Waals surface area contributed by atoms with Crippen molar-refractivity contribution >= 4 is 29.2 Å². The zero-order valence-corrected chi connectivity index (χ0v) is 12.5. The predicted octanol–water partition coefficient (Wildman–Crippen LogP) is 2.75. The highest BCUT2D eigenvalue weighted by molar-refractivity contribution is 8.06. The molecule has 20 heavy (non-hydrogen) atoms. The topological polar surface area (TPSA) is 74.2 Å². The summed E-state index contributed by atoms with van der Waals surface area (Å²) in [6, 6.07) is 7.23. The maximum atomic E-state index is 5.62. The van der Waals surface area contributed by atoms with Crippen molar-refractivity contribution < 1.29 is 9.26 Å². The van der Waals surface area contributed by atoms with Gasteiger partial charge in [0.1, 0.15) is 5.75 Å². The van der Waals surface area contributed by atoms with Crippen LogP contribution in [0.25, 0.3) is 0 Å². The quantitative estimate of drug-likeness (QED) is 0.870. The second-order valence-electron chi connectivity index (χ2n) is 4.34. The molecule has 1 aliphatic heterocycles. The third-order valence-electron chi connectivity index (χ3n) is 2.83. The molecule has 0 saturated carbocycles. The van der Waals surface area contributed by atoms with E-state index in [1.54, 1.807) is 12.1 Å². The Labute approximate surface area is 125 Å². The Balaban J connectivity index is 1.58. The van der Waals surface area contributed by atoms with Crippen LogP contribution in [0.3, 0.4) is 0 Å². The van der Waals surface area contributed by atoms with Crippen molar-refractivity contribution in [2.45, 2.75) is 11.9 Å². The second-order valence-corrected chi connectivity index (χ2v) is 6.80. The zero-order chi connectivity index (χ0) is 13.8. The fourth-order valence-electron chi connectivity index (χ4n) is 1.80. The van der Waals surface area contributed by atoms with Crippen LogP contribution in [0.2, 0.25) is 0 Å². The number of ether oxygens (including phenoxy) is 1. The SMILES string of the molecule is Nc1ccc(OCc2nc(C3CSCCS3)no2)cc1. The molecule has 1 unspecified atom stereocenters. The highest BCUT2D eigenvalue weighted by atomic mass is 32.2. The van der Waals surface area contributed by atoms with Gasteiger partial charge in [0.15, 0.2) is 12.4 Å². The molecular weight excluding hydrogens is 294 g/mol. The minimum absolute atomic E-state index is 0.279. The fourth-order valence-corrected chi connectivity index (χ4v) is 4.39. The van der Waals surface area contributed by atoms with Crippen molar-refractivity contribution in [3.05, 3.63) is 36.0 Å². The number of thioether (sulfide) groups is 2. The summed E-state index contributed by atoms with van der Waals surface area (Å²) in [6.45, 7) is 0.279. The number of hydrogen-bond acceptors (Lipinski definition) is 7. The van der Waals surface area contributed by atoms with Crippen LogP contribution in [0.15, 0.2) is 28.8 Å². The van der Waals surface area contributed by atoms with E-state index in [0.29, 0.717) is 16.8 Å². The standard InChI is InChI=1S/C13H15N3O2S2/c14-9-1-3-10(4-2-9)17-7-12-15-13(16-18-12)11-8-19-5-6-20-11/h1-4,11H,5-8,14H2. The van der Waals surface area contributed by atoms with Gasteiger partial charge in [-0.25, -0.2) is 0 Å². The molecule has 1 aromatic heterocycles. The van der Waals surface area contributed by atoms with Crippen molar-refractivity contribution in [2.75, 3.05) is 23.0 Å². The Morgan fingerprint density at radius 2 is 2.15 bits per heavy atom. The van der Waals surface area contributed by atoms with Gasteiger partial charge in [-0.05, 0) is 24.3 Å². The van der Waals surface area contributed by atoms with Crippen LogP contribution in [0.1, 0.15) is 17.0 Å². The van der Waals surface area contributed by atoms with E-state index in [9.17, 15) is 0 Å². The Bertz CT molecular complexity index is 553. The third-order valence-corrected chi connectivity index (χ3v) is 5.58. The van der Waals surface area contributed by atoms with Gasteiger partial charge in [0.05, 0.1) is 5.25 Å². The highest BCUT2D eigenvalue weighted by Gasteiger charge is 2.21. The number of hydrogen-bond donors (Lipinski definition) is 1. The Kier molecular flexibility index (Phi) is 4.37. The first-order chi connectivity index (χ1) is 9.81. The monoisotopic (exact) mass is 309 g/mol. The summed E-state index contributed by atoms with van der Waals surface area (Å²) in [5.74, 6) is 5.41. The molecule has 0 amide bonds. The first-order valence-corrected chi connectivity index (χ1v) is 8.52. The van der Waals surface area contributed by atoms with Gasteiger partial charge in [0, 0.05) is 22.9 Å². The molecule has 7 heteroatoms. The summed E-state index contributed by atoms with van der Waals surface area (Å²) in [6.07, 6.45) is 0. The summed E-state index contributed by atoms with van der Waals surface area (Å²) in [7, 11) is 0. The molecule has 1 aliphatic rings. The highest BCUT2D eigenvalue weighted by Crippen LogP contribution is 2.35. The third kappa shape index (κ3) is 3.40. The van der Waals surface area contributed by atoms with Crippen LogP contribution in [-0.4, -0.2) is 27.4 Å². The van der Waals surface area contributed by atoms with Crippen LogP contribution >= 0.6 is 23.5 Å². The van der Waals surface area contributed by atoms with E-state index in [-0.39, 0.29) is 6.61 Å².